The number of ether oxygens (including phenoxy) is 3. The molecule has 0 saturated heterocycles. The molecule has 0 bridgehead atoms. The number of rotatable bonds is 50. The molecule has 57 heavy (non-hydrogen) atoms. The summed E-state index contributed by atoms with van der Waals surface area (Å²) in [4.78, 5) is 5.07. The van der Waals surface area contributed by atoms with Crippen molar-refractivity contribution < 1.29 is 14.2 Å². The van der Waals surface area contributed by atoms with E-state index in [1.54, 1.807) is 0 Å². The molecule has 4 N–H and O–H groups in total. The second-order valence-corrected chi connectivity index (χ2v) is 16.7. The van der Waals surface area contributed by atoms with Crippen molar-refractivity contribution in [1.82, 2.24) is 9.80 Å². The Bertz CT molecular complexity index is 721. The van der Waals surface area contributed by atoms with Gasteiger partial charge in [-0.3, -0.25) is 0 Å². The summed E-state index contributed by atoms with van der Waals surface area (Å²) in [5.41, 5.74) is 11.6. The Labute approximate surface area is 357 Å². The van der Waals surface area contributed by atoms with Crippen LogP contribution in [-0.2, 0) is 14.2 Å². The van der Waals surface area contributed by atoms with Crippen LogP contribution in [0.2, 0.25) is 0 Å². The molecule has 0 saturated carbocycles. The standard InChI is InChI=1S/C50H102N4O3/c1-3-5-7-9-11-13-15-17-19-21-23-25-27-29-31-33-39-53(41-35-37-51)43-45-55-47-49-57-50-48-56-46-44-54(42-36-38-52)40-34-32-30-28-26-24-22-20-18-16-14-12-10-8-6-4-2/h17-20H,3-16,21-52H2,1-2H3. The second-order valence-electron chi connectivity index (χ2n) is 16.7. The van der Waals surface area contributed by atoms with Gasteiger partial charge in [0.05, 0.1) is 39.6 Å². The van der Waals surface area contributed by atoms with Gasteiger partial charge in [-0.2, -0.15) is 0 Å². The fourth-order valence-corrected chi connectivity index (χ4v) is 7.40. The molecule has 0 amide bonds. The predicted octanol–water partition coefficient (Wildman–Crippen LogP) is 12.4. The lowest BCUT2D eigenvalue weighted by Crippen LogP contribution is -2.31. The molecule has 7 nitrogen and oxygen atoms in total. The molecule has 0 aromatic carbocycles. The fourth-order valence-electron chi connectivity index (χ4n) is 7.40. The van der Waals surface area contributed by atoms with Crippen LogP contribution in [0.3, 0.4) is 0 Å². The van der Waals surface area contributed by atoms with Gasteiger partial charge in [-0.15, -0.1) is 0 Å². The number of allylic oxidation sites excluding steroid dienone is 4. The predicted molar refractivity (Wildman–Crippen MR) is 252 cm³/mol. The first-order chi connectivity index (χ1) is 28.3. The van der Waals surface area contributed by atoms with E-state index in [0.717, 1.165) is 78.4 Å². The summed E-state index contributed by atoms with van der Waals surface area (Å²) >= 11 is 0. The Morgan fingerprint density at radius 1 is 0.298 bits per heavy atom. The minimum absolute atomic E-state index is 0.625. The maximum atomic E-state index is 5.92. The molecule has 340 valence electrons. The summed E-state index contributed by atoms with van der Waals surface area (Å²) in [5, 5.41) is 0. The molecule has 0 heterocycles. The van der Waals surface area contributed by atoms with Crippen LogP contribution in [-0.4, -0.2) is 102 Å². The second kappa shape index (κ2) is 51.3. The van der Waals surface area contributed by atoms with Crippen molar-refractivity contribution in [3.63, 3.8) is 0 Å². The van der Waals surface area contributed by atoms with E-state index in [9.17, 15) is 0 Å². The Balaban J connectivity index is 3.72. The van der Waals surface area contributed by atoms with Gasteiger partial charge in [0.1, 0.15) is 0 Å². The van der Waals surface area contributed by atoms with Crippen molar-refractivity contribution >= 4 is 0 Å². The molecule has 0 aliphatic carbocycles. The molecule has 0 aromatic rings. The molecule has 0 unspecified atom stereocenters. The fraction of sp³-hybridized carbons (Fsp3) is 0.920. The highest BCUT2D eigenvalue weighted by Crippen LogP contribution is 2.12. The van der Waals surface area contributed by atoms with E-state index in [2.05, 4.69) is 48.0 Å². The number of hydrogen-bond donors (Lipinski definition) is 2. The Hall–Kier alpha value is -0.800. The third-order valence-corrected chi connectivity index (χ3v) is 11.2. The lowest BCUT2D eigenvalue weighted by Gasteiger charge is -2.22. The summed E-state index contributed by atoms with van der Waals surface area (Å²) in [7, 11) is 0. The van der Waals surface area contributed by atoms with Crippen LogP contribution in [0.5, 0.6) is 0 Å². The van der Waals surface area contributed by atoms with E-state index in [0.29, 0.717) is 26.4 Å². The third kappa shape index (κ3) is 47.7. The smallest absolute Gasteiger partial charge is 0.0701 e. The molecule has 7 heteroatoms. The average Bonchev–Trinajstić information content (AvgIpc) is 3.22. The van der Waals surface area contributed by atoms with Crippen molar-refractivity contribution in [1.29, 1.82) is 0 Å². The summed E-state index contributed by atoms with van der Waals surface area (Å²) < 4.78 is 17.6. The van der Waals surface area contributed by atoms with E-state index in [1.807, 2.05) is 0 Å². The van der Waals surface area contributed by atoms with Crippen LogP contribution in [0.4, 0.5) is 0 Å². The average molecular weight is 807 g/mol. The molecule has 0 aromatic heterocycles. The Morgan fingerprint density at radius 2 is 0.561 bits per heavy atom. The number of nitrogens with zero attached hydrogens (tertiary/aromatic N) is 2. The molecule has 0 aliphatic heterocycles. The lowest BCUT2D eigenvalue weighted by molar-refractivity contribution is 0.00696. The highest BCUT2D eigenvalue weighted by Gasteiger charge is 2.06. The highest BCUT2D eigenvalue weighted by atomic mass is 16.5. The van der Waals surface area contributed by atoms with Crippen molar-refractivity contribution in [2.24, 2.45) is 11.5 Å². The highest BCUT2D eigenvalue weighted by molar-refractivity contribution is 4.82. The summed E-state index contributed by atoms with van der Waals surface area (Å²) in [5.74, 6) is 0. The number of nitrogens with two attached hydrogens (primary N) is 2. The van der Waals surface area contributed by atoms with Crippen LogP contribution in [0.25, 0.3) is 0 Å². The van der Waals surface area contributed by atoms with Crippen LogP contribution in [0.15, 0.2) is 24.3 Å². The quantitative estimate of drug-likeness (QED) is 0.0468. The molecule has 0 rings (SSSR count). The van der Waals surface area contributed by atoms with E-state index in [4.69, 9.17) is 25.7 Å². The van der Waals surface area contributed by atoms with Crippen LogP contribution >= 0.6 is 0 Å². The first kappa shape index (κ1) is 56.2. The van der Waals surface area contributed by atoms with Crippen molar-refractivity contribution in [3.8, 4) is 0 Å². The monoisotopic (exact) mass is 807 g/mol. The van der Waals surface area contributed by atoms with Gasteiger partial charge < -0.3 is 35.5 Å². The molecule has 0 fully saturated rings. The first-order valence-electron chi connectivity index (χ1n) is 25.2. The molecular weight excluding hydrogens is 705 g/mol. The van der Waals surface area contributed by atoms with Crippen molar-refractivity contribution in [3.05, 3.63) is 24.3 Å². The van der Waals surface area contributed by atoms with Gasteiger partial charge >= 0.3 is 0 Å². The largest absolute Gasteiger partial charge is 0.378 e. The number of unbranched alkanes of at least 4 members (excludes halogenated alkanes) is 24. The van der Waals surface area contributed by atoms with Crippen LogP contribution in [0.1, 0.15) is 206 Å². The zero-order valence-electron chi connectivity index (χ0n) is 38.7. The zero-order chi connectivity index (χ0) is 41.2. The van der Waals surface area contributed by atoms with Crippen LogP contribution < -0.4 is 11.5 Å². The number of hydrogen-bond acceptors (Lipinski definition) is 7. The van der Waals surface area contributed by atoms with Crippen molar-refractivity contribution in [2.75, 3.05) is 92.0 Å². The van der Waals surface area contributed by atoms with Gasteiger partial charge in [0.2, 0.25) is 0 Å². The molecule has 0 spiro atoms. The molecule has 0 radical (unpaired) electrons. The lowest BCUT2D eigenvalue weighted by atomic mass is 10.1. The van der Waals surface area contributed by atoms with E-state index < -0.39 is 0 Å². The first-order valence-corrected chi connectivity index (χ1v) is 25.2. The van der Waals surface area contributed by atoms with Gasteiger partial charge in [0.15, 0.2) is 0 Å². The van der Waals surface area contributed by atoms with E-state index in [1.165, 1.54) is 180 Å². The topological polar surface area (TPSA) is 86.2 Å². The zero-order valence-corrected chi connectivity index (χ0v) is 38.7. The summed E-state index contributed by atoms with van der Waals surface area (Å²) in [6, 6.07) is 0. The SMILES string of the molecule is CCCCCCCCC=CCCCCCCCCN(CCCN)CCOCCOCCOCCN(CCCN)CCCCCCCCC=CCCCCCCCC. The molecule has 0 aliphatic rings. The van der Waals surface area contributed by atoms with Gasteiger partial charge in [0.25, 0.3) is 0 Å². The van der Waals surface area contributed by atoms with Gasteiger partial charge in [-0.05, 0) is 116 Å². The normalized spacial score (nSPS) is 12.2. The maximum Gasteiger partial charge on any atom is 0.0701 e. The minimum Gasteiger partial charge on any atom is -0.378 e. The van der Waals surface area contributed by atoms with Gasteiger partial charge in [0, 0.05) is 13.1 Å². The molecule has 0 atom stereocenters. The van der Waals surface area contributed by atoms with E-state index >= 15 is 0 Å². The van der Waals surface area contributed by atoms with E-state index in [-0.39, 0.29) is 0 Å². The molecular formula is C50H102N4O3. The Morgan fingerprint density at radius 3 is 0.877 bits per heavy atom. The minimum atomic E-state index is 0.625. The summed E-state index contributed by atoms with van der Waals surface area (Å²) in [6.45, 7) is 16.5. The Kier molecular flexibility index (Phi) is 50.6. The third-order valence-electron chi connectivity index (χ3n) is 11.2. The van der Waals surface area contributed by atoms with Crippen molar-refractivity contribution in [2.45, 2.75) is 206 Å². The van der Waals surface area contributed by atoms with Gasteiger partial charge in [-0.25, -0.2) is 0 Å². The van der Waals surface area contributed by atoms with Crippen LogP contribution in [0, 0.1) is 0 Å². The summed E-state index contributed by atoms with van der Waals surface area (Å²) in [6.07, 6.45) is 49.6. The van der Waals surface area contributed by atoms with Gasteiger partial charge in [-0.1, -0.05) is 154 Å². The maximum absolute atomic E-state index is 5.92.